The molecule has 11 rings (SSSR count). The Morgan fingerprint density at radius 2 is 0.839 bits per heavy atom. The molecule has 0 fully saturated rings. The Morgan fingerprint density at radius 3 is 1.57 bits per heavy atom. The molecule has 0 aliphatic heterocycles. The van der Waals surface area contributed by atoms with Crippen molar-refractivity contribution < 1.29 is 8.83 Å². The van der Waals surface area contributed by atoms with Gasteiger partial charge in [0, 0.05) is 44.0 Å². The van der Waals surface area contributed by atoms with Gasteiger partial charge in [0.15, 0.2) is 28.9 Å². The zero-order valence-corrected chi connectivity index (χ0v) is 29.8. The lowest BCUT2D eigenvalue weighted by Gasteiger charge is -2.09. The summed E-state index contributed by atoms with van der Waals surface area (Å²) in [5.74, 6) is 2.35. The van der Waals surface area contributed by atoms with Crippen LogP contribution in [-0.2, 0) is 0 Å². The quantitative estimate of drug-likeness (QED) is 0.169. The van der Waals surface area contributed by atoms with Gasteiger partial charge in [0.1, 0.15) is 28.0 Å². The minimum atomic E-state index is 0.550. The van der Waals surface area contributed by atoms with Crippen LogP contribution in [0.2, 0.25) is 0 Å². The minimum absolute atomic E-state index is 0.550. The second-order valence-electron chi connectivity index (χ2n) is 13.7. The Labute approximate surface area is 320 Å². The van der Waals surface area contributed by atoms with Crippen LogP contribution in [0.15, 0.2) is 185 Å². The highest BCUT2D eigenvalue weighted by atomic mass is 16.3. The first-order valence-corrected chi connectivity index (χ1v) is 18.4. The molecule has 0 aliphatic rings. The van der Waals surface area contributed by atoms with Crippen molar-refractivity contribution in [2.75, 3.05) is 0 Å². The Bertz CT molecular complexity index is 3250. The van der Waals surface area contributed by atoms with Gasteiger partial charge in [-0.25, -0.2) is 24.9 Å². The molecule has 7 aromatic carbocycles. The summed E-state index contributed by atoms with van der Waals surface area (Å²) >= 11 is 0. The fourth-order valence-corrected chi connectivity index (χ4v) is 7.43. The van der Waals surface area contributed by atoms with Crippen molar-refractivity contribution in [1.82, 2.24) is 24.9 Å². The summed E-state index contributed by atoms with van der Waals surface area (Å²) in [6.07, 6.45) is 0. The average molecular weight is 720 g/mol. The molecular weight excluding hydrogens is 691 g/mol. The number of hydrogen-bond acceptors (Lipinski definition) is 7. The Kier molecular flexibility index (Phi) is 7.35. The normalized spacial score (nSPS) is 11.6. The van der Waals surface area contributed by atoms with E-state index in [0.717, 1.165) is 66.2 Å². The van der Waals surface area contributed by atoms with Crippen LogP contribution in [0.25, 0.3) is 112 Å². The molecule has 7 nitrogen and oxygen atoms in total. The summed E-state index contributed by atoms with van der Waals surface area (Å²) in [5, 5.41) is 2.87. The number of furan rings is 2. The predicted octanol–water partition coefficient (Wildman–Crippen LogP) is 12.5. The molecule has 0 aliphatic carbocycles. The maximum absolute atomic E-state index is 6.79. The van der Waals surface area contributed by atoms with Crippen molar-refractivity contribution >= 4 is 44.0 Å². The van der Waals surface area contributed by atoms with E-state index in [4.69, 9.17) is 33.8 Å². The van der Waals surface area contributed by atoms with Crippen molar-refractivity contribution in [3.8, 4) is 67.9 Å². The van der Waals surface area contributed by atoms with Crippen LogP contribution in [-0.4, -0.2) is 24.9 Å². The highest BCUT2D eigenvalue weighted by molar-refractivity contribution is 6.13. The van der Waals surface area contributed by atoms with E-state index in [-0.39, 0.29) is 0 Å². The van der Waals surface area contributed by atoms with Gasteiger partial charge >= 0.3 is 0 Å². The molecule has 0 radical (unpaired) electrons. The van der Waals surface area contributed by atoms with Gasteiger partial charge in [0.2, 0.25) is 0 Å². The van der Waals surface area contributed by atoms with E-state index in [9.17, 15) is 0 Å². The maximum atomic E-state index is 6.79. The first kappa shape index (κ1) is 31.7. The van der Waals surface area contributed by atoms with E-state index in [1.54, 1.807) is 0 Å². The maximum Gasteiger partial charge on any atom is 0.180 e. The molecule has 56 heavy (non-hydrogen) atoms. The van der Waals surface area contributed by atoms with Gasteiger partial charge in [0.05, 0.1) is 0 Å². The molecule has 4 aromatic heterocycles. The van der Waals surface area contributed by atoms with Gasteiger partial charge in [0.25, 0.3) is 0 Å². The molecule has 0 atom stereocenters. The summed E-state index contributed by atoms with van der Waals surface area (Å²) in [5.41, 5.74) is 10.8. The highest BCUT2D eigenvalue weighted by Gasteiger charge is 2.22. The van der Waals surface area contributed by atoms with E-state index in [1.807, 2.05) is 140 Å². The number of hydrogen-bond donors (Lipinski definition) is 0. The lowest BCUT2D eigenvalue weighted by molar-refractivity contribution is 0.663. The highest BCUT2D eigenvalue weighted by Crippen LogP contribution is 2.41. The molecule has 0 saturated carbocycles. The summed E-state index contributed by atoms with van der Waals surface area (Å²) < 4.78 is 13.3. The first-order valence-electron chi connectivity index (χ1n) is 18.4. The lowest BCUT2D eigenvalue weighted by Crippen LogP contribution is -2.00. The Morgan fingerprint density at radius 1 is 0.304 bits per heavy atom. The Hall–Kier alpha value is -7.77. The van der Waals surface area contributed by atoms with Gasteiger partial charge in [-0.2, -0.15) is 0 Å². The van der Waals surface area contributed by atoms with Crippen molar-refractivity contribution in [2.45, 2.75) is 0 Å². The molecule has 11 aromatic rings. The zero-order valence-electron chi connectivity index (χ0n) is 29.8. The van der Waals surface area contributed by atoms with Gasteiger partial charge in [-0.1, -0.05) is 140 Å². The molecule has 7 heteroatoms. The Balaban J connectivity index is 1.08. The molecule has 4 heterocycles. The third-order valence-electron chi connectivity index (χ3n) is 10.2. The van der Waals surface area contributed by atoms with Crippen molar-refractivity contribution in [3.05, 3.63) is 176 Å². The number of benzene rings is 7. The first-order chi connectivity index (χ1) is 27.7. The fraction of sp³-hybridized carbons (Fsp3) is 0. The number of fused-ring (bicyclic) bond motifs is 6. The largest absolute Gasteiger partial charge is 0.455 e. The van der Waals surface area contributed by atoms with Crippen molar-refractivity contribution in [3.63, 3.8) is 0 Å². The summed E-state index contributed by atoms with van der Waals surface area (Å²) in [6, 6.07) is 58.9. The molecule has 0 bridgehead atoms. The van der Waals surface area contributed by atoms with Gasteiger partial charge < -0.3 is 8.83 Å². The SMILES string of the molecule is c1ccc(-c2cccc(-c3nc(-c4ccccc4)nc(-c4ccc5c(c4)oc4c(-c6nc(-c7ccccc7)nc7c6oc6ccccc67)cccc45)n3)c2)cc1. The van der Waals surface area contributed by atoms with Crippen LogP contribution in [0.3, 0.4) is 0 Å². The van der Waals surface area contributed by atoms with Crippen LogP contribution >= 0.6 is 0 Å². The summed E-state index contributed by atoms with van der Waals surface area (Å²) in [7, 11) is 0. The smallest absolute Gasteiger partial charge is 0.180 e. The molecule has 0 spiro atoms. The van der Waals surface area contributed by atoms with Gasteiger partial charge in [-0.15, -0.1) is 0 Å². The zero-order chi connectivity index (χ0) is 37.0. The van der Waals surface area contributed by atoms with E-state index in [2.05, 4.69) is 36.4 Å². The number of nitrogens with zero attached hydrogens (tertiary/aromatic N) is 5. The molecule has 0 N–H and O–H groups in total. The third kappa shape index (κ3) is 5.41. The topological polar surface area (TPSA) is 90.7 Å². The van der Waals surface area contributed by atoms with E-state index in [1.165, 1.54) is 0 Å². The second-order valence-corrected chi connectivity index (χ2v) is 13.7. The van der Waals surface area contributed by atoms with Crippen LogP contribution < -0.4 is 0 Å². The van der Waals surface area contributed by atoms with Gasteiger partial charge in [-0.05, 0) is 47.5 Å². The fourth-order valence-electron chi connectivity index (χ4n) is 7.43. The number of para-hydroxylation sites is 2. The summed E-state index contributed by atoms with van der Waals surface area (Å²) in [6.45, 7) is 0. The van der Waals surface area contributed by atoms with E-state index >= 15 is 0 Å². The van der Waals surface area contributed by atoms with Gasteiger partial charge in [-0.3, -0.25) is 0 Å². The van der Waals surface area contributed by atoms with Crippen molar-refractivity contribution in [2.24, 2.45) is 0 Å². The number of aromatic nitrogens is 5. The molecule has 262 valence electrons. The predicted molar refractivity (Wildman–Crippen MR) is 223 cm³/mol. The lowest BCUT2D eigenvalue weighted by atomic mass is 10.0. The van der Waals surface area contributed by atoms with Crippen LogP contribution in [0.1, 0.15) is 0 Å². The standard InChI is InChI=1S/C49H29N5O2/c1-4-14-30(15-5-1)33-20-12-21-34(28-33)48-52-47(32-18-8-3-9-19-32)53-49(54-48)35-26-27-36-37-23-13-24-39(44(37)56-41(36)29-35)43-45-42(38-22-10-11-25-40(38)55-45)50-46(51-43)31-16-6-2-7-17-31/h1-29H. The molecule has 0 saturated heterocycles. The van der Waals surface area contributed by atoms with E-state index in [0.29, 0.717) is 45.7 Å². The molecular formula is C49H29N5O2. The molecule has 0 amide bonds. The second kappa shape index (κ2) is 13.0. The minimum Gasteiger partial charge on any atom is -0.455 e. The molecule has 0 unspecified atom stereocenters. The number of rotatable bonds is 6. The van der Waals surface area contributed by atoms with Crippen LogP contribution in [0, 0.1) is 0 Å². The monoisotopic (exact) mass is 719 g/mol. The van der Waals surface area contributed by atoms with E-state index < -0.39 is 0 Å². The van der Waals surface area contributed by atoms with Crippen molar-refractivity contribution in [1.29, 1.82) is 0 Å². The van der Waals surface area contributed by atoms with Crippen LogP contribution in [0.5, 0.6) is 0 Å². The third-order valence-corrected chi connectivity index (χ3v) is 10.2. The summed E-state index contributed by atoms with van der Waals surface area (Å²) in [4.78, 5) is 25.2. The average Bonchev–Trinajstić information content (AvgIpc) is 3.85. The van der Waals surface area contributed by atoms with Crippen LogP contribution in [0.4, 0.5) is 0 Å².